The van der Waals surface area contributed by atoms with Crippen molar-refractivity contribution in [2.45, 2.75) is 38.1 Å². The molecular weight excluding hydrogens is 521 g/mol. The van der Waals surface area contributed by atoms with E-state index in [0.717, 1.165) is 56.2 Å². The predicted molar refractivity (Wildman–Crippen MR) is 140 cm³/mol. The Kier molecular flexibility index (Phi) is 12.1. The van der Waals surface area contributed by atoms with Gasteiger partial charge < -0.3 is 10.6 Å². The van der Waals surface area contributed by atoms with Crippen LogP contribution in [-0.4, -0.2) is 58.0 Å². The van der Waals surface area contributed by atoms with E-state index in [1.807, 2.05) is 48.7 Å². The SMILES string of the molecule is CCNC(=NCCS(=O)Cc1ccccc1)NC1CCN(Cc2ccccn2)CC1.I. The second kappa shape index (κ2) is 14.5. The van der Waals surface area contributed by atoms with Crippen molar-refractivity contribution in [1.82, 2.24) is 20.5 Å². The molecule has 6 nitrogen and oxygen atoms in total. The lowest BCUT2D eigenvalue weighted by molar-refractivity contribution is 0.196. The quantitative estimate of drug-likeness (QED) is 0.283. The Bertz CT molecular complexity index is 798. The highest BCUT2D eigenvalue weighted by Crippen LogP contribution is 2.13. The molecule has 8 heteroatoms. The maximum absolute atomic E-state index is 12.3. The van der Waals surface area contributed by atoms with E-state index in [9.17, 15) is 4.21 Å². The highest BCUT2D eigenvalue weighted by Gasteiger charge is 2.20. The largest absolute Gasteiger partial charge is 0.357 e. The molecule has 2 N–H and O–H groups in total. The van der Waals surface area contributed by atoms with Crippen molar-refractivity contribution in [3.63, 3.8) is 0 Å². The van der Waals surface area contributed by atoms with Crippen LogP contribution in [0.4, 0.5) is 0 Å². The number of likely N-dealkylation sites (tertiary alicyclic amines) is 1. The van der Waals surface area contributed by atoms with Crippen LogP contribution in [0, 0.1) is 0 Å². The normalized spacial score (nSPS) is 16.4. The van der Waals surface area contributed by atoms with Gasteiger partial charge in [-0.2, -0.15) is 0 Å². The number of hydrogen-bond acceptors (Lipinski definition) is 4. The van der Waals surface area contributed by atoms with E-state index >= 15 is 0 Å². The first kappa shape index (κ1) is 25.7. The van der Waals surface area contributed by atoms with Crippen LogP contribution in [0.1, 0.15) is 31.0 Å². The molecule has 1 aromatic heterocycles. The minimum Gasteiger partial charge on any atom is -0.357 e. The first-order valence-electron chi connectivity index (χ1n) is 10.8. The minimum absolute atomic E-state index is 0. The first-order valence-corrected chi connectivity index (χ1v) is 12.3. The van der Waals surface area contributed by atoms with E-state index in [0.29, 0.717) is 24.1 Å². The summed E-state index contributed by atoms with van der Waals surface area (Å²) in [6.45, 7) is 6.46. The summed E-state index contributed by atoms with van der Waals surface area (Å²) in [5, 5.41) is 6.88. The smallest absolute Gasteiger partial charge is 0.191 e. The van der Waals surface area contributed by atoms with Crippen molar-refractivity contribution in [2.24, 2.45) is 4.99 Å². The highest BCUT2D eigenvalue weighted by atomic mass is 127. The summed E-state index contributed by atoms with van der Waals surface area (Å²) in [6.07, 6.45) is 4.02. The fraction of sp³-hybridized carbons (Fsp3) is 0.478. The number of nitrogens with one attached hydrogen (secondary N) is 2. The summed E-state index contributed by atoms with van der Waals surface area (Å²) in [6, 6.07) is 16.5. The van der Waals surface area contributed by atoms with E-state index in [4.69, 9.17) is 0 Å². The van der Waals surface area contributed by atoms with Crippen molar-refractivity contribution < 1.29 is 4.21 Å². The monoisotopic (exact) mass is 555 g/mol. The Labute approximate surface area is 205 Å². The molecule has 1 aliphatic heterocycles. The molecule has 1 unspecified atom stereocenters. The fourth-order valence-corrected chi connectivity index (χ4v) is 4.56. The number of piperidine rings is 1. The predicted octanol–water partition coefficient (Wildman–Crippen LogP) is 3.17. The van der Waals surface area contributed by atoms with Crippen LogP contribution in [0.2, 0.25) is 0 Å². The van der Waals surface area contributed by atoms with E-state index in [1.165, 1.54) is 0 Å². The Morgan fingerprint density at radius 2 is 1.90 bits per heavy atom. The third-order valence-electron chi connectivity index (χ3n) is 5.14. The Hall–Kier alpha value is -1.52. The lowest BCUT2D eigenvalue weighted by atomic mass is 10.0. The third kappa shape index (κ3) is 9.65. The van der Waals surface area contributed by atoms with Crippen LogP contribution in [0.5, 0.6) is 0 Å². The average Bonchev–Trinajstić information content (AvgIpc) is 2.77. The molecule has 31 heavy (non-hydrogen) atoms. The second-order valence-electron chi connectivity index (χ2n) is 7.55. The fourth-order valence-electron chi connectivity index (χ4n) is 3.56. The molecule has 1 atom stereocenters. The summed E-state index contributed by atoms with van der Waals surface area (Å²) in [7, 11) is -0.898. The maximum atomic E-state index is 12.3. The van der Waals surface area contributed by atoms with Gasteiger partial charge in [-0.3, -0.25) is 19.1 Å². The molecule has 1 aromatic carbocycles. The molecule has 0 saturated carbocycles. The van der Waals surface area contributed by atoms with Crippen molar-refractivity contribution in [3.8, 4) is 0 Å². The molecule has 2 aromatic rings. The first-order chi connectivity index (χ1) is 14.7. The lowest BCUT2D eigenvalue weighted by Crippen LogP contribution is -2.48. The molecule has 0 aliphatic carbocycles. The molecule has 0 bridgehead atoms. The molecule has 2 heterocycles. The summed E-state index contributed by atoms with van der Waals surface area (Å²) >= 11 is 0. The van der Waals surface area contributed by atoms with Crippen molar-refractivity contribution in [2.75, 3.05) is 31.9 Å². The summed E-state index contributed by atoms with van der Waals surface area (Å²) in [4.78, 5) is 11.5. The van der Waals surface area contributed by atoms with Gasteiger partial charge in [0.15, 0.2) is 5.96 Å². The zero-order valence-corrected chi connectivity index (χ0v) is 21.4. The average molecular weight is 556 g/mol. The van der Waals surface area contributed by atoms with Crippen molar-refractivity contribution in [3.05, 3.63) is 66.0 Å². The minimum atomic E-state index is -0.898. The second-order valence-corrected chi connectivity index (χ2v) is 9.13. The Balaban J connectivity index is 0.00000341. The summed E-state index contributed by atoms with van der Waals surface area (Å²) < 4.78 is 12.3. The van der Waals surface area contributed by atoms with Crippen LogP contribution >= 0.6 is 24.0 Å². The number of guanidine groups is 1. The lowest BCUT2D eigenvalue weighted by Gasteiger charge is -2.32. The van der Waals surface area contributed by atoms with E-state index in [1.54, 1.807) is 0 Å². The molecule has 170 valence electrons. The molecule has 1 saturated heterocycles. The topological polar surface area (TPSA) is 69.6 Å². The number of aromatic nitrogens is 1. The Morgan fingerprint density at radius 1 is 1.16 bits per heavy atom. The van der Waals surface area contributed by atoms with Crippen LogP contribution in [0.15, 0.2) is 59.7 Å². The number of aliphatic imine (C=N–C) groups is 1. The zero-order valence-electron chi connectivity index (χ0n) is 18.2. The number of hydrogen-bond donors (Lipinski definition) is 2. The highest BCUT2D eigenvalue weighted by molar-refractivity contribution is 14.0. The number of rotatable bonds is 9. The number of halogens is 1. The maximum Gasteiger partial charge on any atom is 0.191 e. The molecule has 0 radical (unpaired) electrons. The molecule has 0 spiro atoms. The summed E-state index contributed by atoms with van der Waals surface area (Å²) in [5.41, 5.74) is 2.24. The molecule has 1 aliphatic rings. The van der Waals surface area contributed by atoms with Crippen LogP contribution < -0.4 is 10.6 Å². The third-order valence-corrected chi connectivity index (χ3v) is 6.44. The summed E-state index contributed by atoms with van der Waals surface area (Å²) in [5.74, 6) is 2.00. The van der Waals surface area contributed by atoms with E-state index < -0.39 is 10.8 Å². The molecule has 3 rings (SSSR count). The number of benzene rings is 1. The zero-order chi connectivity index (χ0) is 21.0. The van der Waals surface area contributed by atoms with Gasteiger partial charge in [-0.1, -0.05) is 36.4 Å². The van der Waals surface area contributed by atoms with Gasteiger partial charge in [-0.25, -0.2) is 0 Å². The molecular formula is C23H34IN5OS. The standard InChI is InChI=1S/C23H33N5OS.HI/c1-2-24-23(26-14-17-30(29)19-20-8-4-3-5-9-20)27-21-11-15-28(16-12-21)18-22-10-6-7-13-25-22;/h3-10,13,21H,2,11-12,14-19H2,1H3,(H2,24,26,27);1H. The van der Waals surface area contributed by atoms with Crippen LogP contribution in [0.3, 0.4) is 0 Å². The van der Waals surface area contributed by atoms with E-state index in [2.05, 4.69) is 38.5 Å². The molecule has 1 fully saturated rings. The van der Waals surface area contributed by atoms with Gasteiger partial charge in [-0.05, 0) is 37.5 Å². The van der Waals surface area contributed by atoms with Crippen molar-refractivity contribution >= 4 is 40.7 Å². The van der Waals surface area contributed by atoms with E-state index in [-0.39, 0.29) is 24.0 Å². The van der Waals surface area contributed by atoms with Gasteiger partial charge in [0.1, 0.15) is 0 Å². The van der Waals surface area contributed by atoms with Gasteiger partial charge in [0, 0.05) is 60.7 Å². The number of pyridine rings is 1. The van der Waals surface area contributed by atoms with Gasteiger partial charge in [0.25, 0.3) is 0 Å². The van der Waals surface area contributed by atoms with Crippen LogP contribution in [-0.2, 0) is 23.1 Å². The van der Waals surface area contributed by atoms with Gasteiger partial charge in [0.05, 0.1) is 12.2 Å². The van der Waals surface area contributed by atoms with Gasteiger partial charge in [0.2, 0.25) is 0 Å². The molecule has 0 amide bonds. The van der Waals surface area contributed by atoms with Gasteiger partial charge in [-0.15, -0.1) is 24.0 Å². The van der Waals surface area contributed by atoms with Crippen molar-refractivity contribution in [1.29, 1.82) is 0 Å². The Morgan fingerprint density at radius 3 is 2.58 bits per heavy atom. The van der Waals surface area contributed by atoms with Gasteiger partial charge >= 0.3 is 0 Å². The number of nitrogens with zero attached hydrogens (tertiary/aromatic N) is 3. The van der Waals surface area contributed by atoms with Crippen LogP contribution in [0.25, 0.3) is 0 Å².